The highest BCUT2D eigenvalue weighted by Gasteiger charge is 2.51. The standard InChI is InChI=1S/C21H30N2Si/c1-24(2,23-14-12-22-13-15-23)21-16-20(17-8-4-3-5-9-17)18-10-6-7-11-19(18)21/h3-11,18-22H,12-16H2,1-2H3/t18?,19?,20-,21?/m1/s1. The molecule has 0 amide bonds. The Morgan fingerprint density at radius 1 is 0.958 bits per heavy atom. The van der Waals surface area contributed by atoms with E-state index in [4.69, 9.17) is 0 Å². The van der Waals surface area contributed by atoms with Crippen LogP contribution < -0.4 is 5.32 Å². The van der Waals surface area contributed by atoms with Crippen molar-refractivity contribution in [1.82, 2.24) is 9.88 Å². The van der Waals surface area contributed by atoms with Gasteiger partial charge >= 0.3 is 0 Å². The molecule has 1 saturated heterocycles. The van der Waals surface area contributed by atoms with Crippen molar-refractivity contribution >= 4 is 8.24 Å². The topological polar surface area (TPSA) is 15.3 Å². The van der Waals surface area contributed by atoms with Gasteiger partial charge in [-0.2, -0.15) is 0 Å². The number of nitrogens with one attached hydrogen (secondary N) is 1. The first kappa shape index (κ1) is 16.3. The van der Waals surface area contributed by atoms with Crippen LogP contribution in [0.3, 0.4) is 0 Å². The van der Waals surface area contributed by atoms with Crippen LogP contribution in [0.2, 0.25) is 18.6 Å². The molecule has 0 spiro atoms. The summed E-state index contributed by atoms with van der Waals surface area (Å²) in [6.45, 7) is 10.1. The van der Waals surface area contributed by atoms with Crippen LogP contribution in [0.1, 0.15) is 17.9 Å². The number of rotatable bonds is 3. The number of piperazine rings is 1. The number of allylic oxidation sites excluding steroid dienone is 4. The van der Waals surface area contributed by atoms with E-state index in [-0.39, 0.29) is 0 Å². The van der Waals surface area contributed by atoms with Crippen LogP contribution in [-0.2, 0) is 0 Å². The highest BCUT2D eigenvalue weighted by Crippen LogP contribution is 2.56. The lowest BCUT2D eigenvalue weighted by atomic mass is 9.83. The van der Waals surface area contributed by atoms with Gasteiger partial charge in [-0.3, -0.25) is 0 Å². The second kappa shape index (κ2) is 6.62. The Morgan fingerprint density at radius 3 is 2.33 bits per heavy atom. The smallest absolute Gasteiger partial charge is 0.126 e. The highest BCUT2D eigenvalue weighted by atomic mass is 28.3. The van der Waals surface area contributed by atoms with Gasteiger partial charge in [-0.25, -0.2) is 0 Å². The number of hydrogen-bond donors (Lipinski definition) is 1. The maximum absolute atomic E-state index is 3.52. The summed E-state index contributed by atoms with van der Waals surface area (Å²) in [4.78, 5) is 0. The number of benzene rings is 1. The quantitative estimate of drug-likeness (QED) is 0.838. The molecule has 2 fully saturated rings. The van der Waals surface area contributed by atoms with E-state index in [9.17, 15) is 0 Å². The Hall–Kier alpha value is -1.16. The molecule has 2 nitrogen and oxygen atoms in total. The molecule has 1 saturated carbocycles. The molecule has 3 aliphatic rings. The molecule has 128 valence electrons. The van der Waals surface area contributed by atoms with Gasteiger partial charge in [-0.05, 0) is 35.3 Å². The largest absolute Gasteiger partial charge is 0.321 e. The number of hydrogen-bond acceptors (Lipinski definition) is 2. The van der Waals surface area contributed by atoms with E-state index in [1.165, 1.54) is 19.5 Å². The van der Waals surface area contributed by atoms with Crippen molar-refractivity contribution in [3.63, 3.8) is 0 Å². The Bertz CT molecular complexity index is 616. The van der Waals surface area contributed by atoms with E-state index < -0.39 is 8.24 Å². The van der Waals surface area contributed by atoms with Gasteiger partial charge in [-0.1, -0.05) is 67.7 Å². The minimum Gasteiger partial charge on any atom is -0.321 e. The zero-order chi connectivity index (χ0) is 16.6. The average Bonchev–Trinajstić information content (AvgIpc) is 3.04. The van der Waals surface area contributed by atoms with Crippen molar-refractivity contribution in [2.45, 2.75) is 31.0 Å². The van der Waals surface area contributed by atoms with Crippen LogP contribution >= 0.6 is 0 Å². The summed E-state index contributed by atoms with van der Waals surface area (Å²) in [6, 6.07) is 11.2. The zero-order valence-electron chi connectivity index (χ0n) is 15.0. The molecule has 0 aromatic heterocycles. The summed E-state index contributed by atoms with van der Waals surface area (Å²) in [5.41, 5.74) is 2.40. The second-order valence-electron chi connectivity index (χ2n) is 8.17. The van der Waals surface area contributed by atoms with Gasteiger partial charge in [0.1, 0.15) is 8.24 Å². The molecule has 1 N–H and O–H groups in total. The first-order valence-electron chi connectivity index (χ1n) is 9.53. The van der Waals surface area contributed by atoms with Crippen LogP contribution in [0.4, 0.5) is 0 Å². The van der Waals surface area contributed by atoms with Crippen molar-refractivity contribution in [3.05, 3.63) is 60.2 Å². The van der Waals surface area contributed by atoms with E-state index in [1.807, 2.05) is 0 Å². The van der Waals surface area contributed by atoms with E-state index >= 15 is 0 Å². The van der Waals surface area contributed by atoms with E-state index in [1.54, 1.807) is 5.56 Å². The molecule has 0 radical (unpaired) electrons. The monoisotopic (exact) mass is 338 g/mol. The number of fused-ring (bicyclic) bond motifs is 1. The summed E-state index contributed by atoms with van der Waals surface area (Å²) < 4.78 is 2.87. The lowest BCUT2D eigenvalue weighted by molar-refractivity contribution is 0.346. The summed E-state index contributed by atoms with van der Waals surface area (Å²) in [7, 11) is -1.44. The molecule has 1 aromatic rings. The molecular weight excluding hydrogens is 308 g/mol. The van der Waals surface area contributed by atoms with Gasteiger partial charge in [0.15, 0.2) is 0 Å². The van der Waals surface area contributed by atoms with Gasteiger partial charge < -0.3 is 9.88 Å². The molecule has 24 heavy (non-hydrogen) atoms. The van der Waals surface area contributed by atoms with E-state index in [0.29, 0.717) is 11.8 Å². The van der Waals surface area contributed by atoms with Crippen molar-refractivity contribution in [3.8, 4) is 0 Å². The Morgan fingerprint density at radius 2 is 1.62 bits per heavy atom. The third-order valence-electron chi connectivity index (χ3n) is 6.73. The summed E-state index contributed by atoms with van der Waals surface area (Å²) in [6.07, 6.45) is 10.9. The first-order valence-corrected chi connectivity index (χ1v) is 12.6. The lowest BCUT2D eigenvalue weighted by Crippen LogP contribution is -2.59. The van der Waals surface area contributed by atoms with Gasteiger partial charge in [-0.15, -0.1) is 0 Å². The maximum atomic E-state index is 3.52. The van der Waals surface area contributed by atoms with Crippen LogP contribution in [0.15, 0.2) is 54.6 Å². The lowest BCUT2D eigenvalue weighted by Gasteiger charge is -2.45. The molecule has 3 heteroatoms. The molecule has 1 heterocycles. The van der Waals surface area contributed by atoms with Gasteiger partial charge in [0, 0.05) is 26.2 Å². The van der Waals surface area contributed by atoms with Crippen molar-refractivity contribution in [1.29, 1.82) is 0 Å². The maximum Gasteiger partial charge on any atom is 0.126 e. The van der Waals surface area contributed by atoms with Crippen molar-refractivity contribution < 1.29 is 0 Å². The van der Waals surface area contributed by atoms with Crippen LogP contribution in [0, 0.1) is 11.8 Å². The second-order valence-corrected chi connectivity index (χ2v) is 12.9. The fraction of sp³-hybridized carbons (Fsp3) is 0.524. The summed E-state index contributed by atoms with van der Waals surface area (Å²) >= 11 is 0. The Kier molecular flexibility index (Phi) is 4.50. The van der Waals surface area contributed by atoms with Crippen LogP contribution in [-0.4, -0.2) is 39.0 Å². The van der Waals surface area contributed by atoms with Crippen LogP contribution in [0.5, 0.6) is 0 Å². The third-order valence-corrected chi connectivity index (χ3v) is 11.2. The van der Waals surface area contributed by atoms with E-state index in [2.05, 4.69) is 77.6 Å². The minimum absolute atomic E-state index is 0.692. The molecule has 2 aliphatic carbocycles. The highest BCUT2D eigenvalue weighted by molar-refractivity contribution is 6.76. The fourth-order valence-electron chi connectivity index (χ4n) is 5.33. The zero-order valence-corrected chi connectivity index (χ0v) is 16.0. The Labute approximate surface area is 147 Å². The average molecular weight is 339 g/mol. The van der Waals surface area contributed by atoms with Crippen molar-refractivity contribution in [2.75, 3.05) is 26.2 Å². The van der Waals surface area contributed by atoms with Gasteiger partial charge in [0.05, 0.1) is 0 Å². The molecule has 4 rings (SSSR count). The molecule has 3 unspecified atom stereocenters. The Balaban J connectivity index is 1.63. The normalized spacial score (nSPS) is 33.6. The summed E-state index contributed by atoms with van der Waals surface area (Å²) in [5.74, 6) is 2.12. The van der Waals surface area contributed by atoms with Gasteiger partial charge in [0.25, 0.3) is 0 Å². The molecule has 0 bridgehead atoms. The minimum atomic E-state index is -1.44. The SMILES string of the molecule is C[Si](C)(C1C[C@H](c2ccccc2)C2C=CC=CC21)N1CCNCC1. The molecular formula is C21H30N2Si. The van der Waals surface area contributed by atoms with E-state index in [0.717, 1.165) is 24.5 Å². The molecule has 4 atom stereocenters. The first-order chi connectivity index (χ1) is 11.7. The van der Waals surface area contributed by atoms with Crippen molar-refractivity contribution in [2.24, 2.45) is 11.8 Å². The van der Waals surface area contributed by atoms with Gasteiger partial charge in [0.2, 0.25) is 0 Å². The fourth-order valence-corrected chi connectivity index (χ4v) is 9.28. The summed E-state index contributed by atoms with van der Waals surface area (Å²) in [5, 5.41) is 3.52. The predicted octanol–water partition coefficient (Wildman–Crippen LogP) is 4.01. The third kappa shape index (κ3) is 2.83. The van der Waals surface area contributed by atoms with Crippen LogP contribution in [0.25, 0.3) is 0 Å². The predicted molar refractivity (Wildman–Crippen MR) is 105 cm³/mol. The molecule has 1 aliphatic heterocycles. The number of nitrogens with zero attached hydrogens (tertiary/aromatic N) is 1. The molecule has 1 aromatic carbocycles.